The molecule has 0 spiro atoms. The number of ether oxygens (including phenoxy) is 1. The van der Waals surface area contributed by atoms with Gasteiger partial charge < -0.3 is 10.5 Å². The van der Waals surface area contributed by atoms with E-state index in [1.165, 1.54) is 0 Å². The van der Waals surface area contributed by atoms with E-state index in [1.807, 2.05) is 43.3 Å². The van der Waals surface area contributed by atoms with Gasteiger partial charge in [-0.15, -0.1) is 0 Å². The Morgan fingerprint density at radius 1 is 1.11 bits per heavy atom. The second-order valence-corrected chi connectivity index (χ2v) is 4.47. The second kappa shape index (κ2) is 5.73. The summed E-state index contributed by atoms with van der Waals surface area (Å²) in [6.45, 7) is 2.03. The van der Waals surface area contributed by atoms with E-state index in [9.17, 15) is 0 Å². The molecule has 0 aliphatic rings. The summed E-state index contributed by atoms with van der Waals surface area (Å²) in [6.07, 6.45) is 0. The van der Waals surface area contributed by atoms with Crippen LogP contribution in [0.5, 0.6) is 5.75 Å². The lowest BCUT2D eigenvalue weighted by atomic mass is 9.95. The molecule has 0 fully saturated rings. The number of nitrogens with one attached hydrogen (secondary N) is 1. The molecule has 0 radical (unpaired) electrons. The topological polar surface area (TPSA) is 73.3 Å². The third kappa shape index (κ3) is 2.70. The molecule has 0 heterocycles. The van der Waals surface area contributed by atoms with E-state index in [4.69, 9.17) is 16.3 Å². The average Bonchev–Trinajstić information content (AvgIpc) is 2.42. The molecule has 2 rings (SSSR count). The van der Waals surface area contributed by atoms with Crippen molar-refractivity contribution in [1.82, 2.24) is 5.43 Å². The van der Waals surface area contributed by atoms with Gasteiger partial charge in [-0.25, -0.2) is 5.43 Å². The van der Waals surface area contributed by atoms with Gasteiger partial charge in [0.25, 0.3) is 0 Å². The molecule has 19 heavy (non-hydrogen) atoms. The van der Waals surface area contributed by atoms with E-state index in [1.54, 1.807) is 7.11 Å². The number of nitrogen functional groups attached to an aromatic ring is 1. The number of para-hydroxylation sites is 1. The second-order valence-electron chi connectivity index (χ2n) is 4.47. The third-order valence-electron chi connectivity index (χ3n) is 3.17. The Morgan fingerprint density at radius 2 is 1.84 bits per heavy atom. The van der Waals surface area contributed by atoms with Crippen LogP contribution in [0, 0.1) is 6.92 Å². The van der Waals surface area contributed by atoms with Gasteiger partial charge in [-0.3, -0.25) is 5.84 Å². The first-order valence-corrected chi connectivity index (χ1v) is 6.12. The maximum absolute atomic E-state index is 6.03. The predicted octanol–water partition coefficient (Wildman–Crippen LogP) is 2.14. The highest BCUT2D eigenvalue weighted by Crippen LogP contribution is 2.32. The van der Waals surface area contributed by atoms with Crippen molar-refractivity contribution >= 4 is 5.69 Å². The SMILES string of the molecule is COc1ccc(C)cc1C(NN)c1ccccc1N. The molecule has 5 N–H and O–H groups in total. The van der Waals surface area contributed by atoms with Crippen LogP contribution in [0.1, 0.15) is 22.7 Å². The van der Waals surface area contributed by atoms with E-state index >= 15 is 0 Å². The Bertz CT molecular complexity index is 569. The number of hydrogen-bond acceptors (Lipinski definition) is 4. The molecule has 1 unspecified atom stereocenters. The number of nitrogens with two attached hydrogens (primary N) is 2. The lowest BCUT2D eigenvalue weighted by molar-refractivity contribution is 0.404. The number of hydrogen-bond donors (Lipinski definition) is 3. The van der Waals surface area contributed by atoms with Crippen molar-refractivity contribution in [2.45, 2.75) is 13.0 Å². The minimum Gasteiger partial charge on any atom is -0.496 e. The molecule has 0 saturated carbocycles. The largest absolute Gasteiger partial charge is 0.496 e. The van der Waals surface area contributed by atoms with E-state index in [0.717, 1.165) is 22.4 Å². The van der Waals surface area contributed by atoms with Crippen molar-refractivity contribution in [1.29, 1.82) is 0 Å². The van der Waals surface area contributed by atoms with Gasteiger partial charge >= 0.3 is 0 Å². The first kappa shape index (κ1) is 13.4. The minimum absolute atomic E-state index is 0.198. The first-order chi connectivity index (χ1) is 9.17. The zero-order chi connectivity index (χ0) is 13.8. The fourth-order valence-electron chi connectivity index (χ4n) is 2.20. The van der Waals surface area contributed by atoms with Crippen LogP contribution in [0.15, 0.2) is 42.5 Å². The molecule has 100 valence electrons. The molecule has 0 aliphatic carbocycles. The van der Waals surface area contributed by atoms with Crippen molar-refractivity contribution in [2.24, 2.45) is 5.84 Å². The van der Waals surface area contributed by atoms with Crippen molar-refractivity contribution in [3.8, 4) is 5.75 Å². The molecule has 0 amide bonds. The van der Waals surface area contributed by atoms with Crippen LogP contribution in [-0.2, 0) is 0 Å². The van der Waals surface area contributed by atoms with Crippen molar-refractivity contribution in [3.63, 3.8) is 0 Å². The van der Waals surface area contributed by atoms with Gasteiger partial charge in [-0.1, -0.05) is 35.9 Å². The summed E-state index contributed by atoms with van der Waals surface area (Å²) in [5.74, 6) is 6.51. The molecule has 0 saturated heterocycles. The number of anilines is 1. The van der Waals surface area contributed by atoms with Crippen molar-refractivity contribution < 1.29 is 4.74 Å². The summed E-state index contributed by atoms with van der Waals surface area (Å²) in [6, 6.07) is 13.5. The quantitative estimate of drug-likeness (QED) is 0.446. The maximum atomic E-state index is 6.03. The van der Waals surface area contributed by atoms with E-state index in [-0.39, 0.29) is 6.04 Å². The Morgan fingerprint density at radius 3 is 2.47 bits per heavy atom. The van der Waals surface area contributed by atoms with Crippen LogP contribution in [0.3, 0.4) is 0 Å². The predicted molar refractivity (Wildman–Crippen MR) is 77.8 cm³/mol. The molecule has 2 aromatic carbocycles. The van der Waals surface area contributed by atoms with E-state index < -0.39 is 0 Å². The zero-order valence-corrected chi connectivity index (χ0v) is 11.2. The fraction of sp³-hybridized carbons (Fsp3) is 0.200. The van der Waals surface area contributed by atoms with Gasteiger partial charge in [0.2, 0.25) is 0 Å². The number of aryl methyl sites for hydroxylation is 1. The third-order valence-corrected chi connectivity index (χ3v) is 3.17. The number of methoxy groups -OCH3 is 1. The molecule has 0 aliphatic heterocycles. The Balaban J connectivity index is 2.54. The van der Waals surface area contributed by atoms with Gasteiger partial charge in [-0.05, 0) is 24.6 Å². The van der Waals surface area contributed by atoms with Gasteiger partial charge in [0.15, 0.2) is 0 Å². The van der Waals surface area contributed by atoms with Crippen LogP contribution >= 0.6 is 0 Å². The fourth-order valence-corrected chi connectivity index (χ4v) is 2.20. The highest BCUT2D eigenvalue weighted by atomic mass is 16.5. The standard InChI is InChI=1S/C15H19N3O/c1-10-7-8-14(19-2)12(9-10)15(18-17)11-5-3-4-6-13(11)16/h3-9,15,18H,16-17H2,1-2H3. The molecule has 4 heteroatoms. The molecular weight excluding hydrogens is 238 g/mol. The highest BCUT2D eigenvalue weighted by Gasteiger charge is 2.18. The van der Waals surface area contributed by atoms with Crippen LogP contribution < -0.4 is 21.7 Å². The first-order valence-electron chi connectivity index (χ1n) is 6.12. The summed E-state index contributed by atoms with van der Waals surface area (Å²) in [5, 5.41) is 0. The van der Waals surface area contributed by atoms with Crippen LogP contribution in [0.4, 0.5) is 5.69 Å². The summed E-state index contributed by atoms with van der Waals surface area (Å²) in [7, 11) is 1.65. The lowest BCUT2D eigenvalue weighted by Gasteiger charge is -2.21. The smallest absolute Gasteiger partial charge is 0.124 e. The van der Waals surface area contributed by atoms with Gasteiger partial charge in [0.05, 0.1) is 13.2 Å². The number of rotatable bonds is 4. The molecule has 2 aromatic rings. The van der Waals surface area contributed by atoms with Gasteiger partial charge in [-0.2, -0.15) is 0 Å². The number of benzene rings is 2. The molecule has 1 atom stereocenters. The minimum atomic E-state index is -0.198. The summed E-state index contributed by atoms with van der Waals surface area (Å²) >= 11 is 0. The summed E-state index contributed by atoms with van der Waals surface area (Å²) in [4.78, 5) is 0. The zero-order valence-electron chi connectivity index (χ0n) is 11.2. The van der Waals surface area contributed by atoms with Crippen LogP contribution in [-0.4, -0.2) is 7.11 Å². The Hall–Kier alpha value is -2.04. The summed E-state index contributed by atoms with van der Waals surface area (Å²) in [5.41, 5.74) is 12.6. The normalized spacial score (nSPS) is 12.2. The maximum Gasteiger partial charge on any atom is 0.124 e. The average molecular weight is 257 g/mol. The lowest BCUT2D eigenvalue weighted by Crippen LogP contribution is -2.29. The molecule has 4 nitrogen and oxygen atoms in total. The van der Waals surface area contributed by atoms with Crippen molar-refractivity contribution in [2.75, 3.05) is 12.8 Å². The molecule has 0 bridgehead atoms. The molecular formula is C15H19N3O. The van der Waals surface area contributed by atoms with E-state index in [0.29, 0.717) is 5.69 Å². The monoisotopic (exact) mass is 257 g/mol. The molecule has 0 aromatic heterocycles. The highest BCUT2D eigenvalue weighted by molar-refractivity contribution is 5.53. The summed E-state index contributed by atoms with van der Waals surface area (Å²) < 4.78 is 5.41. The Kier molecular flexibility index (Phi) is 4.04. The van der Waals surface area contributed by atoms with Gasteiger partial charge in [0.1, 0.15) is 5.75 Å². The van der Waals surface area contributed by atoms with Crippen molar-refractivity contribution in [3.05, 3.63) is 59.2 Å². The van der Waals surface area contributed by atoms with Crippen LogP contribution in [0.25, 0.3) is 0 Å². The Labute approximate surface area is 113 Å². The van der Waals surface area contributed by atoms with E-state index in [2.05, 4.69) is 11.5 Å². The van der Waals surface area contributed by atoms with Gasteiger partial charge in [0, 0.05) is 11.3 Å². The van der Waals surface area contributed by atoms with Crippen LogP contribution in [0.2, 0.25) is 0 Å². The number of hydrazine groups is 1.